The van der Waals surface area contributed by atoms with E-state index in [1.54, 1.807) is 0 Å². The Labute approximate surface area is 96.0 Å². The van der Waals surface area contributed by atoms with E-state index in [4.69, 9.17) is 11.6 Å². The number of aromatic nitrogens is 1. The van der Waals surface area contributed by atoms with Crippen molar-refractivity contribution < 1.29 is 13.6 Å². The number of pyridine rings is 1. The van der Waals surface area contributed by atoms with E-state index < -0.39 is 18.4 Å². The molecule has 0 saturated carbocycles. The van der Waals surface area contributed by atoms with Crippen LogP contribution in [0.25, 0.3) is 0 Å². The van der Waals surface area contributed by atoms with E-state index in [-0.39, 0.29) is 23.6 Å². The summed E-state index contributed by atoms with van der Waals surface area (Å²) >= 11 is 5.79. The van der Waals surface area contributed by atoms with Crippen LogP contribution in [-0.4, -0.2) is 34.8 Å². The number of amides is 1. The van der Waals surface area contributed by atoms with Gasteiger partial charge in [-0.15, -0.1) is 0 Å². The van der Waals surface area contributed by atoms with Crippen molar-refractivity contribution in [3.63, 3.8) is 0 Å². The second kappa shape index (κ2) is 3.97. The Balaban J connectivity index is 2.18. The molecule has 1 aromatic heterocycles. The van der Waals surface area contributed by atoms with Crippen LogP contribution in [0.3, 0.4) is 0 Å². The van der Waals surface area contributed by atoms with Crippen molar-refractivity contribution in [1.82, 2.24) is 9.88 Å². The molecule has 0 spiro atoms. The Morgan fingerprint density at radius 2 is 2.31 bits per heavy atom. The standard InChI is InChI=1S/C10H9ClF2N2O/c11-8-1-3-14-5-7(8)9(16)15-4-2-10(12,13)6-15/h1,3,5H,2,4,6H2. The first-order chi connectivity index (χ1) is 7.49. The number of alkyl halides is 2. The van der Waals surface area contributed by atoms with Gasteiger partial charge in [-0.2, -0.15) is 0 Å². The van der Waals surface area contributed by atoms with Gasteiger partial charge in [-0.25, -0.2) is 8.78 Å². The van der Waals surface area contributed by atoms with E-state index in [1.807, 2.05) is 0 Å². The van der Waals surface area contributed by atoms with Crippen LogP contribution in [0.1, 0.15) is 16.8 Å². The molecule has 6 heteroatoms. The summed E-state index contributed by atoms with van der Waals surface area (Å²) < 4.78 is 25.9. The number of hydrogen-bond acceptors (Lipinski definition) is 2. The fourth-order valence-electron chi connectivity index (χ4n) is 1.61. The predicted octanol–water partition coefficient (Wildman–Crippen LogP) is 2.22. The summed E-state index contributed by atoms with van der Waals surface area (Å²) in [6.07, 6.45) is 2.44. The highest BCUT2D eigenvalue weighted by Gasteiger charge is 2.40. The molecule has 1 amide bonds. The first kappa shape index (κ1) is 11.3. The van der Waals surface area contributed by atoms with Gasteiger partial charge >= 0.3 is 0 Å². The largest absolute Gasteiger partial charge is 0.332 e. The monoisotopic (exact) mass is 246 g/mol. The summed E-state index contributed by atoms with van der Waals surface area (Å²) in [5.41, 5.74) is 0.168. The van der Waals surface area contributed by atoms with E-state index in [9.17, 15) is 13.6 Å². The van der Waals surface area contributed by atoms with Gasteiger partial charge in [0.2, 0.25) is 0 Å². The van der Waals surface area contributed by atoms with Gasteiger partial charge in [-0.3, -0.25) is 9.78 Å². The normalized spacial score (nSPS) is 18.8. The molecule has 2 rings (SSSR count). The number of nitrogens with zero attached hydrogens (tertiary/aromatic N) is 2. The first-order valence-corrected chi connectivity index (χ1v) is 5.14. The molecule has 0 bridgehead atoms. The summed E-state index contributed by atoms with van der Waals surface area (Å²) in [4.78, 5) is 16.7. The minimum atomic E-state index is -2.79. The van der Waals surface area contributed by atoms with Crippen LogP contribution in [0.15, 0.2) is 18.5 Å². The second-order valence-corrected chi connectivity index (χ2v) is 4.10. The molecule has 1 saturated heterocycles. The topological polar surface area (TPSA) is 33.2 Å². The summed E-state index contributed by atoms with van der Waals surface area (Å²) in [5, 5.41) is 0.232. The Morgan fingerprint density at radius 3 is 2.88 bits per heavy atom. The third-order valence-corrected chi connectivity index (χ3v) is 2.78. The Hall–Kier alpha value is -1.23. The van der Waals surface area contributed by atoms with Crippen LogP contribution in [0.5, 0.6) is 0 Å². The van der Waals surface area contributed by atoms with Crippen molar-refractivity contribution in [3.8, 4) is 0 Å². The van der Waals surface area contributed by atoms with Gasteiger partial charge < -0.3 is 4.90 Å². The third-order valence-electron chi connectivity index (χ3n) is 2.46. The fourth-order valence-corrected chi connectivity index (χ4v) is 1.80. The molecule has 1 aliphatic rings. The number of hydrogen-bond donors (Lipinski definition) is 0. The highest BCUT2D eigenvalue weighted by Crippen LogP contribution is 2.28. The zero-order valence-corrected chi connectivity index (χ0v) is 9.05. The first-order valence-electron chi connectivity index (χ1n) is 4.76. The lowest BCUT2D eigenvalue weighted by Crippen LogP contribution is -2.31. The summed E-state index contributed by atoms with van der Waals surface area (Å²) in [6.45, 7) is -0.492. The molecule has 0 unspecified atom stereocenters. The van der Waals surface area contributed by atoms with E-state index in [0.29, 0.717) is 0 Å². The van der Waals surface area contributed by atoms with Crippen molar-refractivity contribution in [2.24, 2.45) is 0 Å². The van der Waals surface area contributed by atoms with Crippen LogP contribution < -0.4 is 0 Å². The highest BCUT2D eigenvalue weighted by molar-refractivity contribution is 6.33. The third kappa shape index (κ3) is 2.14. The maximum absolute atomic E-state index is 12.9. The number of likely N-dealkylation sites (tertiary alicyclic amines) is 1. The summed E-state index contributed by atoms with van der Waals surface area (Å²) in [5.74, 6) is -3.28. The molecule has 0 N–H and O–H groups in total. The van der Waals surface area contributed by atoms with Gasteiger partial charge in [0.05, 0.1) is 17.1 Å². The molecule has 0 atom stereocenters. The van der Waals surface area contributed by atoms with E-state index >= 15 is 0 Å². The molecule has 3 nitrogen and oxygen atoms in total. The Kier molecular flexibility index (Phi) is 2.80. The molecular formula is C10H9ClF2N2O. The average Bonchev–Trinajstić information content (AvgIpc) is 2.59. The average molecular weight is 247 g/mol. The van der Waals surface area contributed by atoms with Gasteiger partial charge in [-0.1, -0.05) is 11.6 Å². The highest BCUT2D eigenvalue weighted by atomic mass is 35.5. The Bertz CT molecular complexity index is 425. The van der Waals surface area contributed by atoms with Crippen molar-refractivity contribution in [2.75, 3.05) is 13.1 Å². The smallest absolute Gasteiger partial charge is 0.267 e. The van der Waals surface area contributed by atoms with Gasteiger partial charge in [0.15, 0.2) is 0 Å². The molecular weight excluding hydrogens is 238 g/mol. The van der Waals surface area contributed by atoms with Crippen LogP contribution in [0.4, 0.5) is 8.78 Å². The Morgan fingerprint density at radius 1 is 1.56 bits per heavy atom. The van der Waals surface area contributed by atoms with E-state index in [2.05, 4.69) is 4.98 Å². The number of rotatable bonds is 1. The van der Waals surface area contributed by atoms with Crippen molar-refractivity contribution in [1.29, 1.82) is 0 Å². The molecule has 0 aromatic carbocycles. The lowest BCUT2D eigenvalue weighted by molar-refractivity contribution is 0.0120. The zero-order valence-electron chi connectivity index (χ0n) is 8.29. The maximum Gasteiger partial charge on any atom is 0.267 e. The van der Waals surface area contributed by atoms with Gasteiger partial charge in [0.1, 0.15) is 0 Å². The van der Waals surface area contributed by atoms with Crippen LogP contribution in [-0.2, 0) is 0 Å². The van der Waals surface area contributed by atoms with Crippen LogP contribution in [0.2, 0.25) is 5.02 Å². The number of halogens is 3. The second-order valence-electron chi connectivity index (χ2n) is 3.69. The maximum atomic E-state index is 12.9. The zero-order chi connectivity index (χ0) is 11.8. The van der Waals surface area contributed by atoms with Crippen LogP contribution >= 0.6 is 11.6 Å². The quantitative estimate of drug-likeness (QED) is 0.761. The lowest BCUT2D eigenvalue weighted by Gasteiger charge is -2.16. The predicted molar refractivity (Wildman–Crippen MR) is 54.7 cm³/mol. The van der Waals surface area contributed by atoms with E-state index in [0.717, 1.165) is 4.90 Å². The minimum Gasteiger partial charge on any atom is -0.332 e. The molecule has 2 heterocycles. The minimum absolute atomic E-state index is 0.0526. The molecule has 1 fully saturated rings. The SMILES string of the molecule is O=C(c1cnccc1Cl)N1CCC(F)(F)C1. The number of carbonyl (C=O) groups is 1. The van der Waals surface area contributed by atoms with Crippen molar-refractivity contribution in [3.05, 3.63) is 29.0 Å². The van der Waals surface area contributed by atoms with Crippen molar-refractivity contribution >= 4 is 17.5 Å². The molecule has 1 aliphatic heterocycles. The van der Waals surface area contributed by atoms with Crippen molar-refractivity contribution in [2.45, 2.75) is 12.3 Å². The van der Waals surface area contributed by atoms with E-state index in [1.165, 1.54) is 18.5 Å². The van der Waals surface area contributed by atoms with Gasteiger partial charge in [-0.05, 0) is 6.07 Å². The van der Waals surface area contributed by atoms with Crippen LogP contribution in [0, 0.1) is 0 Å². The fraction of sp³-hybridized carbons (Fsp3) is 0.400. The molecule has 86 valence electrons. The molecule has 0 aliphatic carbocycles. The van der Waals surface area contributed by atoms with Gasteiger partial charge in [0, 0.05) is 25.4 Å². The number of carbonyl (C=O) groups excluding carboxylic acids is 1. The van der Waals surface area contributed by atoms with Gasteiger partial charge in [0.25, 0.3) is 11.8 Å². The lowest BCUT2D eigenvalue weighted by atomic mass is 10.2. The summed E-state index contributed by atoms with van der Waals surface area (Å²) in [7, 11) is 0. The summed E-state index contributed by atoms with van der Waals surface area (Å²) in [6, 6.07) is 1.46. The molecule has 1 aromatic rings. The molecule has 0 radical (unpaired) electrons. The molecule has 16 heavy (non-hydrogen) atoms.